The number of allylic oxidation sites excluding steroid dienone is 2. The van der Waals surface area contributed by atoms with Crippen molar-refractivity contribution in [1.29, 1.82) is 0 Å². The summed E-state index contributed by atoms with van der Waals surface area (Å²) in [5.41, 5.74) is 3.96. The second-order valence-corrected chi connectivity index (χ2v) is 34.7. The van der Waals surface area contributed by atoms with E-state index in [0.717, 1.165) is 64.5 Å². The quantitative estimate of drug-likeness (QED) is 0.108. The highest BCUT2D eigenvalue weighted by Crippen LogP contribution is 2.80. The molecule has 10 saturated carbocycles. The molecular weight excluding hydrogens is 965 g/mol. The van der Waals surface area contributed by atoms with E-state index in [2.05, 4.69) is 124 Å². The van der Waals surface area contributed by atoms with Gasteiger partial charge in [-0.25, -0.2) is 9.59 Å². The van der Waals surface area contributed by atoms with Gasteiger partial charge in [-0.1, -0.05) is 93.5 Å². The number of aliphatic hydroxyl groups excluding tert-OH is 2. The van der Waals surface area contributed by atoms with Gasteiger partial charge in [0.15, 0.2) is 13.1 Å². The topological polar surface area (TPSA) is 93.1 Å². The Morgan fingerprint density at radius 2 is 0.808 bits per heavy atom. The lowest BCUT2D eigenvalue weighted by Gasteiger charge is -2.73. The van der Waals surface area contributed by atoms with Crippen LogP contribution < -0.4 is 0 Å². The van der Waals surface area contributed by atoms with Gasteiger partial charge in [0.1, 0.15) is 25.3 Å². The van der Waals surface area contributed by atoms with Crippen molar-refractivity contribution in [2.45, 2.75) is 224 Å². The Bertz CT molecular complexity index is 2190. The minimum absolute atomic E-state index is 0.0744. The number of likely N-dealkylation sites (N-methyl/N-ethyl adjacent to an activating group) is 2. The molecule has 8 nitrogen and oxygen atoms in total. The SMILES string of the molecule is C=C(C)C1CC[C@@]2(CO)CC[C@]3(C)C(CCC4[C@@]5(C)CC[C@H](OC(=O)C[N+](C)(C)CC[N+](C)(C)CC(=O)O[C@H]6CC[C@@]7(C)C(CC[C@]8(C)C7CCC7C9C(C(=C)C)CC[C@@]9(CO)CC[C@]78C)C6(C)C)C(C)(C)C5CC[C@]43C)C12. The van der Waals surface area contributed by atoms with Gasteiger partial charge in [-0.3, -0.25) is 0 Å². The zero-order valence-corrected chi connectivity index (χ0v) is 53.1. The van der Waals surface area contributed by atoms with Crippen molar-refractivity contribution in [1.82, 2.24) is 0 Å². The van der Waals surface area contributed by atoms with Crippen molar-refractivity contribution in [2.24, 2.45) is 113 Å². The molecule has 0 saturated heterocycles. The highest BCUT2D eigenvalue weighted by Gasteiger charge is 2.73. The van der Waals surface area contributed by atoms with Crippen LogP contribution in [0.4, 0.5) is 0 Å². The number of carbonyl (C=O) groups excluding carboxylic acids is 2. The molecule has 442 valence electrons. The summed E-state index contributed by atoms with van der Waals surface area (Å²) >= 11 is 0. The highest BCUT2D eigenvalue weighted by atomic mass is 16.6. The van der Waals surface area contributed by atoms with Gasteiger partial charge in [0.2, 0.25) is 0 Å². The molecular formula is C70H118N2O6+2. The molecule has 0 aromatic rings. The van der Waals surface area contributed by atoms with E-state index in [1.54, 1.807) is 0 Å². The Morgan fingerprint density at radius 3 is 1.14 bits per heavy atom. The summed E-state index contributed by atoms with van der Waals surface area (Å²) in [6.45, 7) is 42.1. The molecule has 0 bridgehead atoms. The van der Waals surface area contributed by atoms with E-state index in [1.807, 2.05) is 0 Å². The summed E-state index contributed by atoms with van der Waals surface area (Å²) < 4.78 is 14.4. The summed E-state index contributed by atoms with van der Waals surface area (Å²) in [5.74, 6) is 5.53. The van der Waals surface area contributed by atoms with Crippen LogP contribution in [0.25, 0.3) is 0 Å². The molecule has 8 heteroatoms. The Kier molecular flexibility index (Phi) is 14.8. The zero-order chi connectivity index (χ0) is 57.0. The molecule has 0 aromatic carbocycles. The van der Waals surface area contributed by atoms with Crippen LogP contribution in [-0.2, 0) is 19.1 Å². The third-order valence-corrected chi connectivity index (χ3v) is 30.0. The number of hydrogen-bond acceptors (Lipinski definition) is 6. The summed E-state index contributed by atoms with van der Waals surface area (Å²) in [6, 6.07) is 0. The molecule has 0 aromatic heterocycles. The first kappa shape index (κ1) is 59.4. The zero-order valence-electron chi connectivity index (χ0n) is 53.1. The van der Waals surface area contributed by atoms with Crippen molar-refractivity contribution in [3.05, 3.63) is 24.3 Å². The Hall–Kier alpha value is -1.74. The Morgan fingerprint density at radius 1 is 0.449 bits per heavy atom. The van der Waals surface area contributed by atoms with Crippen LogP contribution in [0.3, 0.4) is 0 Å². The predicted molar refractivity (Wildman–Crippen MR) is 316 cm³/mol. The van der Waals surface area contributed by atoms with E-state index in [1.165, 1.54) is 88.2 Å². The van der Waals surface area contributed by atoms with Crippen LogP contribution in [0.5, 0.6) is 0 Å². The van der Waals surface area contributed by atoms with E-state index < -0.39 is 0 Å². The van der Waals surface area contributed by atoms with Crippen molar-refractivity contribution >= 4 is 11.9 Å². The van der Waals surface area contributed by atoms with Crippen molar-refractivity contribution in [3.8, 4) is 0 Å². The second-order valence-electron chi connectivity index (χ2n) is 34.7. The number of rotatable bonds is 13. The number of quaternary nitrogens is 2. The smallest absolute Gasteiger partial charge is 0.362 e. The molecule has 20 atom stereocenters. The molecule has 0 spiro atoms. The van der Waals surface area contributed by atoms with Gasteiger partial charge >= 0.3 is 11.9 Å². The predicted octanol–water partition coefficient (Wildman–Crippen LogP) is 14.3. The lowest BCUT2D eigenvalue weighted by atomic mass is 9.32. The number of ether oxygens (including phenoxy) is 2. The van der Waals surface area contributed by atoms with Crippen LogP contribution in [0.15, 0.2) is 24.3 Å². The van der Waals surface area contributed by atoms with E-state index in [-0.39, 0.29) is 78.3 Å². The minimum atomic E-state index is -0.122. The number of carbonyl (C=O) groups is 2. The van der Waals surface area contributed by atoms with E-state index >= 15 is 0 Å². The van der Waals surface area contributed by atoms with Gasteiger partial charge in [0.05, 0.1) is 28.2 Å². The van der Waals surface area contributed by atoms with Crippen LogP contribution in [0, 0.1) is 113 Å². The van der Waals surface area contributed by atoms with Gasteiger partial charge < -0.3 is 28.7 Å². The molecule has 0 heterocycles. The van der Waals surface area contributed by atoms with Gasteiger partial charge in [-0.05, 0) is 245 Å². The monoisotopic (exact) mass is 1080 g/mol. The third-order valence-electron chi connectivity index (χ3n) is 30.0. The first-order valence-corrected chi connectivity index (χ1v) is 32.7. The number of hydrogen-bond donors (Lipinski definition) is 2. The maximum atomic E-state index is 14.2. The lowest BCUT2D eigenvalue weighted by molar-refractivity contribution is -0.939. The molecule has 0 aliphatic heterocycles. The molecule has 10 fully saturated rings. The fourth-order valence-electron chi connectivity index (χ4n) is 25.3. The maximum Gasteiger partial charge on any atom is 0.362 e. The van der Waals surface area contributed by atoms with Gasteiger partial charge in [0, 0.05) is 24.0 Å². The van der Waals surface area contributed by atoms with E-state index in [0.29, 0.717) is 94.4 Å². The molecule has 10 unspecified atom stereocenters. The lowest BCUT2D eigenvalue weighted by Crippen LogP contribution is -2.67. The second kappa shape index (κ2) is 19.4. The summed E-state index contributed by atoms with van der Waals surface area (Å²) in [5, 5.41) is 22.0. The first-order valence-electron chi connectivity index (χ1n) is 32.7. The number of fused-ring (bicyclic) bond motifs is 14. The van der Waals surface area contributed by atoms with Crippen molar-refractivity contribution in [3.63, 3.8) is 0 Å². The fourth-order valence-corrected chi connectivity index (χ4v) is 25.3. The van der Waals surface area contributed by atoms with E-state index in [4.69, 9.17) is 9.47 Å². The summed E-state index contributed by atoms with van der Waals surface area (Å²) in [6.07, 6.45) is 23.3. The maximum absolute atomic E-state index is 14.2. The van der Waals surface area contributed by atoms with Crippen LogP contribution >= 0.6 is 0 Å². The number of aliphatic hydroxyl groups is 2. The standard InChI is InChI=1S/C70H118N2O6/c1-45(2)47-23-33-69(43-73)37-35-65(11)49(59(47)69)19-21-53-63(9)29-27-55(61(5,6)51(63)25-31-67(53,65)13)77-57(75)41-71(15,16)39-40-72(17,18)42-58(76)78-56-28-30-64(10)52(62(56,7)8)26-32-68(14)54(64)22-20-50-60-48(46(3)4)24-34-70(60,44-74)38-36-66(50,68)12/h47-56,59-60,73-74H,1,3,19-44H2,2,4-18H3/q+2/t47?,48?,49?,50?,51?,52?,53?,54?,55-,56-,59?,60?,63-,64-,65+,66+,67+,68+,69-,70-/m0/s1. The Labute approximate surface area is 477 Å². The fraction of sp³-hybridized carbons (Fsp3) is 0.914. The summed E-state index contributed by atoms with van der Waals surface area (Å²) in [7, 11) is 8.59. The molecule has 2 N–H and O–H groups in total. The normalized spacial score (nSPS) is 49.0. The first-order chi connectivity index (χ1) is 36.1. The van der Waals surface area contributed by atoms with Crippen molar-refractivity contribution < 1.29 is 38.2 Å². The summed E-state index contributed by atoms with van der Waals surface area (Å²) in [4.78, 5) is 28.3. The molecule has 0 amide bonds. The average Bonchev–Trinajstić information content (AvgIpc) is 2.65. The minimum Gasteiger partial charge on any atom is -0.458 e. The van der Waals surface area contributed by atoms with Gasteiger partial charge in [-0.15, -0.1) is 0 Å². The van der Waals surface area contributed by atoms with Crippen LogP contribution in [0.2, 0.25) is 0 Å². The highest BCUT2D eigenvalue weighted by molar-refractivity contribution is 5.71. The molecule has 10 aliphatic carbocycles. The van der Waals surface area contributed by atoms with Crippen LogP contribution in [-0.4, -0.2) is 111 Å². The van der Waals surface area contributed by atoms with Gasteiger partial charge in [-0.2, -0.15) is 0 Å². The average molecular weight is 1080 g/mol. The third kappa shape index (κ3) is 8.60. The van der Waals surface area contributed by atoms with Crippen LogP contribution in [0.1, 0.15) is 212 Å². The van der Waals surface area contributed by atoms with Gasteiger partial charge in [0.25, 0.3) is 0 Å². The largest absolute Gasteiger partial charge is 0.458 e. The van der Waals surface area contributed by atoms with Crippen molar-refractivity contribution in [2.75, 3.05) is 67.6 Å². The number of nitrogens with zero attached hydrogens (tertiary/aromatic N) is 2. The molecule has 10 rings (SSSR count). The molecule has 0 radical (unpaired) electrons. The molecule has 78 heavy (non-hydrogen) atoms. The van der Waals surface area contributed by atoms with E-state index in [9.17, 15) is 19.8 Å². The Balaban J connectivity index is 0.727. The molecule has 10 aliphatic rings. The number of esters is 2.